The van der Waals surface area contributed by atoms with Crippen LogP contribution in [0, 0.1) is 5.82 Å². The highest BCUT2D eigenvalue weighted by molar-refractivity contribution is 5.83. The number of hydrogen-bond donors (Lipinski definition) is 2. The van der Waals surface area contributed by atoms with E-state index in [4.69, 9.17) is 0 Å². The number of aromatic amines is 1. The number of amides is 2. The maximum atomic E-state index is 13.4. The second kappa shape index (κ2) is 8.15. The molecule has 1 aromatic carbocycles. The van der Waals surface area contributed by atoms with E-state index >= 15 is 0 Å². The van der Waals surface area contributed by atoms with Gasteiger partial charge in [0.2, 0.25) is 0 Å². The molecule has 0 unspecified atom stereocenters. The normalized spacial score (nSPS) is 12.6. The second-order valence-electron chi connectivity index (χ2n) is 6.38. The monoisotopic (exact) mass is 334 g/mol. The van der Waals surface area contributed by atoms with Crippen molar-refractivity contribution in [1.82, 2.24) is 20.1 Å². The molecule has 2 amide bonds. The molecule has 0 saturated heterocycles. The maximum absolute atomic E-state index is 13.4. The Bertz CT molecular complexity index is 683. The van der Waals surface area contributed by atoms with Crippen molar-refractivity contribution in [1.29, 1.82) is 0 Å². The van der Waals surface area contributed by atoms with Gasteiger partial charge >= 0.3 is 6.03 Å². The first kappa shape index (κ1) is 18.3. The molecular weight excluding hydrogens is 307 g/mol. The highest BCUT2D eigenvalue weighted by Gasteiger charge is 2.18. The van der Waals surface area contributed by atoms with E-state index in [9.17, 15) is 9.18 Å². The predicted molar refractivity (Wildman–Crippen MR) is 95.8 cm³/mol. The van der Waals surface area contributed by atoms with Crippen LogP contribution in [0.15, 0.2) is 24.4 Å². The van der Waals surface area contributed by atoms with Crippen LogP contribution in [-0.2, 0) is 6.42 Å². The standard InChI is InChI=1S/C18H27FN4O/c1-5-23(13(2)12-22(3)4)18(24)20-9-8-14-11-21-17-7-6-15(19)10-16(14)17/h6-7,10-11,13,21H,5,8-9,12H2,1-4H3,(H,20,24)/t13-/m1/s1. The Morgan fingerprint density at radius 3 is 2.79 bits per heavy atom. The number of fused-ring (bicyclic) bond motifs is 1. The Balaban J connectivity index is 1.92. The van der Waals surface area contributed by atoms with Gasteiger partial charge in [-0.1, -0.05) is 0 Å². The summed E-state index contributed by atoms with van der Waals surface area (Å²) in [5.41, 5.74) is 1.92. The van der Waals surface area contributed by atoms with Crippen molar-refractivity contribution >= 4 is 16.9 Å². The molecule has 5 nitrogen and oxygen atoms in total. The van der Waals surface area contributed by atoms with Crippen LogP contribution >= 0.6 is 0 Å². The van der Waals surface area contributed by atoms with Crippen LogP contribution in [0.25, 0.3) is 10.9 Å². The summed E-state index contributed by atoms with van der Waals surface area (Å²) in [5, 5.41) is 3.84. The number of carbonyl (C=O) groups is 1. The molecule has 2 N–H and O–H groups in total. The molecule has 0 fully saturated rings. The van der Waals surface area contributed by atoms with Gasteiger partial charge in [-0.25, -0.2) is 9.18 Å². The van der Waals surface area contributed by atoms with Gasteiger partial charge in [0.15, 0.2) is 0 Å². The average molecular weight is 334 g/mol. The lowest BCUT2D eigenvalue weighted by Crippen LogP contribution is -2.48. The van der Waals surface area contributed by atoms with Crippen LogP contribution in [0.3, 0.4) is 0 Å². The number of carbonyl (C=O) groups excluding carboxylic acids is 1. The van der Waals surface area contributed by atoms with E-state index in [1.165, 1.54) is 12.1 Å². The van der Waals surface area contributed by atoms with Gasteiger partial charge in [-0.15, -0.1) is 0 Å². The lowest BCUT2D eigenvalue weighted by atomic mass is 10.1. The van der Waals surface area contributed by atoms with E-state index in [0.29, 0.717) is 19.5 Å². The molecule has 2 aromatic rings. The molecule has 0 spiro atoms. The largest absolute Gasteiger partial charge is 0.361 e. The van der Waals surface area contributed by atoms with Gasteiger partial charge in [-0.2, -0.15) is 0 Å². The van der Waals surface area contributed by atoms with Crippen molar-refractivity contribution in [3.63, 3.8) is 0 Å². The van der Waals surface area contributed by atoms with Crippen molar-refractivity contribution in [3.8, 4) is 0 Å². The fourth-order valence-electron chi connectivity index (χ4n) is 3.05. The fraction of sp³-hybridized carbons (Fsp3) is 0.500. The summed E-state index contributed by atoms with van der Waals surface area (Å²) in [6, 6.07) is 4.79. The van der Waals surface area contributed by atoms with Gasteiger partial charge in [0, 0.05) is 42.8 Å². The van der Waals surface area contributed by atoms with Crippen LogP contribution in [0.4, 0.5) is 9.18 Å². The molecular formula is C18H27FN4O. The van der Waals surface area contributed by atoms with E-state index < -0.39 is 0 Å². The summed E-state index contributed by atoms with van der Waals surface area (Å²) in [4.78, 5) is 19.4. The number of urea groups is 1. The Labute approximate surface area is 142 Å². The third-order valence-corrected chi connectivity index (χ3v) is 4.16. The number of benzene rings is 1. The van der Waals surface area contributed by atoms with E-state index in [-0.39, 0.29) is 17.9 Å². The minimum absolute atomic E-state index is 0.0575. The van der Waals surface area contributed by atoms with E-state index in [0.717, 1.165) is 23.0 Å². The molecule has 1 atom stereocenters. The quantitative estimate of drug-likeness (QED) is 0.818. The Morgan fingerprint density at radius 1 is 1.38 bits per heavy atom. The Kier molecular flexibility index (Phi) is 6.20. The fourth-order valence-corrected chi connectivity index (χ4v) is 3.05. The Morgan fingerprint density at radius 2 is 2.12 bits per heavy atom. The third kappa shape index (κ3) is 4.47. The number of likely N-dealkylation sites (N-methyl/N-ethyl adjacent to an activating group) is 2. The predicted octanol–water partition coefficient (Wildman–Crippen LogP) is 2.83. The lowest BCUT2D eigenvalue weighted by molar-refractivity contribution is 0.169. The van der Waals surface area contributed by atoms with Gasteiger partial charge < -0.3 is 20.1 Å². The number of nitrogens with zero attached hydrogens (tertiary/aromatic N) is 2. The van der Waals surface area contributed by atoms with Gasteiger partial charge in [-0.3, -0.25) is 0 Å². The molecule has 1 aromatic heterocycles. The zero-order valence-corrected chi connectivity index (χ0v) is 14.9. The minimum atomic E-state index is -0.248. The number of aromatic nitrogens is 1. The molecule has 6 heteroatoms. The molecule has 132 valence electrons. The van der Waals surface area contributed by atoms with E-state index in [1.54, 1.807) is 6.07 Å². The van der Waals surface area contributed by atoms with Crippen LogP contribution in [-0.4, -0.2) is 60.6 Å². The van der Waals surface area contributed by atoms with E-state index in [2.05, 4.69) is 15.2 Å². The van der Waals surface area contributed by atoms with Crippen molar-refractivity contribution in [2.24, 2.45) is 0 Å². The number of H-pyrrole nitrogens is 1. The molecule has 0 aliphatic heterocycles. The topological polar surface area (TPSA) is 51.4 Å². The van der Waals surface area contributed by atoms with Crippen molar-refractivity contribution in [2.75, 3.05) is 33.7 Å². The van der Waals surface area contributed by atoms with Gasteiger partial charge in [0.1, 0.15) is 5.82 Å². The van der Waals surface area contributed by atoms with E-state index in [1.807, 2.05) is 39.0 Å². The summed E-state index contributed by atoms with van der Waals surface area (Å²) < 4.78 is 13.4. The summed E-state index contributed by atoms with van der Waals surface area (Å²) in [6.07, 6.45) is 2.54. The number of rotatable bonds is 7. The molecule has 0 radical (unpaired) electrons. The first-order valence-corrected chi connectivity index (χ1v) is 8.37. The third-order valence-electron chi connectivity index (χ3n) is 4.16. The highest BCUT2D eigenvalue weighted by Crippen LogP contribution is 2.19. The summed E-state index contributed by atoms with van der Waals surface area (Å²) in [7, 11) is 4.00. The first-order chi connectivity index (χ1) is 11.4. The minimum Gasteiger partial charge on any atom is -0.361 e. The summed E-state index contributed by atoms with van der Waals surface area (Å²) in [6.45, 7) is 6.04. The van der Waals surface area contributed by atoms with Gasteiger partial charge in [-0.05, 0) is 58.1 Å². The number of halogens is 1. The molecule has 1 heterocycles. The van der Waals surface area contributed by atoms with Crippen LogP contribution < -0.4 is 5.32 Å². The molecule has 0 aliphatic carbocycles. The average Bonchev–Trinajstić information content (AvgIpc) is 2.89. The van der Waals surface area contributed by atoms with Crippen LogP contribution in [0.5, 0.6) is 0 Å². The zero-order valence-electron chi connectivity index (χ0n) is 14.9. The second-order valence-corrected chi connectivity index (χ2v) is 6.38. The molecule has 24 heavy (non-hydrogen) atoms. The lowest BCUT2D eigenvalue weighted by Gasteiger charge is -2.30. The SMILES string of the molecule is CCN(C(=O)NCCc1c[nH]c2ccc(F)cc12)[C@H](C)CN(C)C. The Hall–Kier alpha value is -2.08. The highest BCUT2D eigenvalue weighted by atomic mass is 19.1. The van der Waals surface area contributed by atoms with Crippen LogP contribution in [0.2, 0.25) is 0 Å². The van der Waals surface area contributed by atoms with Gasteiger partial charge in [0.25, 0.3) is 0 Å². The number of nitrogens with one attached hydrogen (secondary N) is 2. The maximum Gasteiger partial charge on any atom is 0.317 e. The molecule has 2 rings (SSSR count). The van der Waals surface area contributed by atoms with Crippen molar-refractivity contribution < 1.29 is 9.18 Å². The summed E-state index contributed by atoms with van der Waals surface area (Å²) in [5.74, 6) is -0.248. The first-order valence-electron chi connectivity index (χ1n) is 8.37. The smallest absolute Gasteiger partial charge is 0.317 e. The molecule has 0 aliphatic rings. The number of hydrogen-bond acceptors (Lipinski definition) is 2. The summed E-state index contributed by atoms with van der Waals surface area (Å²) >= 11 is 0. The van der Waals surface area contributed by atoms with Crippen LogP contribution in [0.1, 0.15) is 19.4 Å². The zero-order chi connectivity index (χ0) is 17.7. The van der Waals surface area contributed by atoms with Crippen molar-refractivity contribution in [2.45, 2.75) is 26.3 Å². The van der Waals surface area contributed by atoms with Crippen molar-refractivity contribution in [3.05, 3.63) is 35.8 Å². The molecule has 0 bridgehead atoms. The van der Waals surface area contributed by atoms with Gasteiger partial charge in [0.05, 0.1) is 0 Å². The molecule has 0 saturated carbocycles.